The summed E-state index contributed by atoms with van der Waals surface area (Å²) in [5, 5.41) is 5.46. The second kappa shape index (κ2) is 5.67. The normalized spacial score (nSPS) is 14.1. The van der Waals surface area contributed by atoms with Crippen LogP contribution in [-0.4, -0.2) is 18.4 Å². The Hall–Kier alpha value is -1.84. The van der Waals surface area contributed by atoms with Crippen molar-refractivity contribution in [2.24, 2.45) is 5.92 Å². The minimum atomic E-state index is -0.210. The summed E-state index contributed by atoms with van der Waals surface area (Å²) >= 11 is 0. The van der Waals surface area contributed by atoms with Gasteiger partial charge in [-0.3, -0.25) is 4.79 Å². The first kappa shape index (κ1) is 12.6. The van der Waals surface area contributed by atoms with Crippen LogP contribution in [0.3, 0.4) is 0 Å². The molecule has 0 unspecified atom stereocenters. The minimum absolute atomic E-state index is 0.210. The van der Waals surface area contributed by atoms with E-state index in [9.17, 15) is 9.59 Å². The topological polar surface area (TPSA) is 58.2 Å². The molecule has 0 aliphatic heterocycles. The van der Waals surface area contributed by atoms with Gasteiger partial charge < -0.3 is 10.6 Å². The summed E-state index contributed by atoms with van der Waals surface area (Å²) in [6.45, 7) is 2.66. The Labute approximate surface area is 107 Å². The highest BCUT2D eigenvalue weighted by Crippen LogP contribution is 2.32. The monoisotopic (exact) mass is 246 g/mol. The molecule has 18 heavy (non-hydrogen) atoms. The maximum Gasteiger partial charge on any atom is 0.319 e. The molecule has 0 bridgehead atoms. The molecule has 96 valence electrons. The van der Waals surface area contributed by atoms with E-state index in [-0.39, 0.29) is 17.7 Å². The van der Waals surface area contributed by atoms with Crippen LogP contribution in [0.1, 0.15) is 36.5 Å². The molecule has 1 aromatic rings. The third kappa shape index (κ3) is 3.32. The van der Waals surface area contributed by atoms with E-state index >= 15 is 0 Å². The number of Topliss-reactive ketones (excluding diaryl/α,β-unsaturated/α-hetero) is 1. The summed E-state index contributed by atoms with van der Waals surface area (Å²) in [5.74, 6) is 0.452. The molecule has 1 saturated carbocycles. The highest BCUT2D eigenvalue weighted by atomic mass is 16.2. The first-order chi connectivity index (χ1) is 8.70. The molecule has 0 spiro atoms. The zero-order chi connectivity index (χ0) is 13.0. The maximum absolute atomic E-state index is 11.8. The first-order valence-electron chi connectivity index (χ1n) is 6.40. The number of amides is 2. The molecule has 1 aliphatic carbocycles. The Morgan fingerprint density at radius 2 is 1.89 bits per heavy atom. The second-order valence-electron chi connectivity index (χ2n) is 4.60. The molecule has 1 aromatic carbocycles. The minimum Gasteiger partial charge on any atom is -0.338 e. The molecule has 0 atom stereocenters. The molecular weight excluding hydrogens is 228 g/mol. The summed E-state index contributed by atoms with van der Waals surface area (Å²) in [4.78, 5) is 23.2. The molecule has 2 N–H and O–H groups in total. The Balaban J connectivity index is 1.90. The van der Waals surface area contributed by atoms with E-state index in [0.29, 0.717) is 12.2 Å². The smallest absolute Gasteiger partial charge is 0.319 e. The summed E-state index contributed by atoms with van der Waals surface area (Å²) in [6, 6.07) is 6.87. The number of carbonyl (C=O) groups excluding carboxylic acids is 2. The Kier molecular flexibility index (Phi) is 3.97. The third-order valence-corrected chi connectivity index (χ3v) is 2.91. The fraction of sp³-hybridized carbons (Fsp3) is 0.429. The third-order valence-electron chi connectivity index (χ3n) is 2.91. The van der Waals surface area contributed by atoms with Gasteiger partial charge in [-0.2, -0.15) is 0 Å². The molecule has 2 rings (SSSR count). The van der Waals surface area contributed by atoms with Crippen LogP contribution in [0, 0.1) is 5.92 Å². The van der Waals surface area contributed by atoms with Crippen LogP contribution in [0.2, 0.25) is 0 Å². The number of urea groups is 1. The van der Waals surface area contributed by atoms with Gasteiger partial charge >= 0.3 is 6.03 Å². The van der Waals surface area contributed by atoms with Gasteiger partial charge in [0.15, 0.2) is 5.78 Å². The van der Waals surface area contributed by atoms with Crippen LogP contribution in [0.25, 0.3) is 0 Å². The lowest BCUT2D eigenvalue weighted by Crippen LogP contribution is -2.29. The van der Waals surface area contributed by atoms with Gasteiger partial charge in [0.25, 0.3) is 0 Å². The van der Waals surface area contributed by atoms with E-state index in [1.165, 1.54) is 0 Å². The summed E-state index contributed by atoms with van der Waals surface area (Å²) in [7, 11) is 0. The highest BCUT2D eigenvalue weighted by molar-refractivity contribution is 5.99. The van der Waals surface area contributed by atoms with Gasteiger partial charge in [0.2, 0.25) is 0 Å². The molecule has 0 saturated heterocycles. The molecule has 2 amide bonds. The lowest BCUT2D eigenvalue weighted by molar-refractivity contribution is 0.0967. The van der Waals surface area contributed by atoms with Crippen LogP contribution < -0.4 is 10.6 Å². The largest absolute Gasteiger partial charge is 0.338 e. The molecule has 1 aliphatic rings. The van der Waals surface area contributed by atoms with E-state index < -0.39 is 0 Å². The fourth-order valence-corrected chi connectivity index (χ4v) is 1.71. The number of ketones is 1. The molecule has 0 radical (unpaired) electrons. The average molecular weight is 246 g/mol. The van der Waals surface area contributed by atoms with Gasteiger partial charge in [0.1, 0.15) is 0 Å². The Morgan fingerprint density at radius 1 is 1.22 bits per heavy atom. The van der Waals surface area contributed by atoms with Crippen molar-refractivity contribution in [2.75, 3.05) is 11.9 Å². The van der Waals surface area contributed by atoms with Gasteiger partial charge in [-0.05, 0) is 43.5 Å². The van der Waals surface area contributed by atoms with E-state index in [2.05, 4.69) is 10.6 Å². The summed E-state index contributed by atoms with van der Waals surface area (Å²) in [6.07, 6.45) is 2.93. The van der Waals surface area contributed by atoms with Crippen molar-refractivity contribution >= 4 is 17.5 Å². The molecule has 4 nitrogen and oxygen atoms in total. The predicted molar refractivity (Wildman–Crippen MR) is 70.8 cm³/mol. The molecular formula is C14H18N2O2. The van der Waals surface area contributed by atoms with Crippen molar-refractivity contribution in [3.8, 4) is 0 Å². The van der Waals surface area contributed by atoms with Crippen LogP contribution in [0.15, 0.2) is 24.3 Å². The zero-order valence-electron chi connectivity index (χ0n) is 10.5. The number of anilines is 1. The van der Waals surface area contributed by atoms with E-state index in [0.717, 1.165) is 24.8 Å². The number of rotatable bonds is 5. The fourth-order valence-electron chi connectivity index (χ4n) is 1.71. The van der Waals surface area contributed by atoms with E-state index in [4.69, 9.17) is 0 Å². The highest BCUT2D eigenvalue weighted by Gasteiger charge is 2.30. The van der Waals surface area contributed by atoms with E-state index in [1.807, 2.05) is 6.92 Å². The summed E-state index contributed by atoms with van der Waals surface area (Å²) < 4.78 is 0. The average Bonchev–Trinajstić information content (AvgIpc) is 3.21. The quantitative estimate of drug-likeness (QED) is 0.785. The van der Waals surface area contributed by atoms with Crippen molar-refractivity contribution in [3.63, 3.8) is 0 Å². The van der Waals surface area contributed by atoms with Crippen molar-refractivity contribution in [2.45, 2.75) is 26.2 Å². The van der Waals surface area contributed by atoms with Gasteiger partial charge in [-0.25, -0.2) is 4.79 Å². The van der Waals surface area contributed by atoms with E-state index in [1.54, 1.807) is 24.3 Å². The predicted octanol–water partition coefficient (Wildman–Crippen LogP) is 2.81. The zero-order valence-corrected chi connectivity index (χ0v) is 10.5. The lowest BCUT2D eigenvalue weighted by Gasteiger charge is -2.07. The molecule has 4 heteroatoms. The van der Waals surface area contributed by atoms with Crippen molar-refractivity contribution < 1.29 is 9.59 Å². The van der Waals surface area contributed by atoms with Crippen LogP contribution in [0.4, 0.5) is 10.5 Å². The number of hydrogen-bond donors (Lipinski definition) is 2. The van der Waals surface area contributed by atoms with Gasteiger partial charge in [-0.1, -0.05) is 6.92 Å². The van der Waals surface area contributed by atoms with Crippen molar-refractivity contribution in [1.82, 2.24) is 5.32 Å². The van der Waals surface area contributed by atoms with Gasteiger partial charge in [0, 0.05) is 23.7 Å². The van der Waals surface area contributed by atoms with Crippen molar-refractivity contribution in [1.29, 1.82) is 0 Å². The Morgan fingerprint density at radius 3 is 2.44 bits per heavy atom. The van der Waals surface area contributed by atoms with Crippen LogP contribution in [-0.2, 0) is 0 Å². The van der Waals surface area contributed by atoms with Gasteiger partial charge in [-0.15, -0.1) is 0 Å². The number of hydrogen-bond acceptors (Lipinski definition) is 2. The first-order valence-corrected chi connectivity index (χ1v) is 6.40. The molecule has 1 fully saturated rings. The van der Waals surface area contributed by atoms with Gasteiger partial charge in [0.05, 0.1) is 0 Å². The standard InChI is InChI=1S/C14H18N2O2/c1-2-9-15-14(18)16-12-7-5-11(6-8-12)13(17)10-3-4-10/h5-8,10H,2-4,9H2,1H3,(H2,15,16,18). The number of benzene rings is 1. The molecule has 0 aromatic heterocycles. The number of carbonyl (C=O) groups is 2. The maximum atomic E-state index is 11.8. The Bertz CT molecular complexity index is 436. The number of nitrogens with one attached hydrogen (secondary N) is 2. The SMILES string of the molecule is CCCNC(=O)Nc1ccc(C(=O)C2CC2)cc1. The lowest BCUT2D eigenvalue weighted by atomic mass is 10.1. The van der Waals surface area contributed by atoms with Crippen LogP contribution >= 0.6 is 0 Å². The summed E-state index contributed by atoms with van der Waals surface area (Å²) in [5.41, 5.74) is 1.44. The second-order valence-corrected chi connectivity index (χ2v) is 4.60. The van der Waals surface area contributed by atoms with Crippen molar-refractivity contribution in [3.05, 3.63) is 29.8 Å². The van der Waals surface area contributed by atoms with Crippen LogP contribution in [0.5, 0.6) is 0 Å². The molecule has 0 heterocycles.